The first-order chi connectivity index (χ1) is 8.75. The van der Waals surface area contributed by atoms with Gasteiger partial charge in [-0.15, -0.1) is 0 Å². The highest BCUT2D eigenvalue weighted by molar-refractivity contribution is 6.30. The number of carbonyl (C=O) groups is 1. The highest BCUT2D eigenvalue weighted by Crippen LogP contribution is 2.32. The van der Waals surface area contributed by atoms with Crippen LogP contribution >= 0.6 is 11.6 Å². The molecule has 1 aromatic rings. The first-order valence-corrected chi connectivity index (χ1v) is 5.95. The summed E-state index contributed by atoms with van der Waals surface area (Å²) in [6.45, 7) is 0.972. The Balaban J connectivity index is 2.06. The van der Waals surface area contributed by atoms with E-state index in [1.54, 1.807) is 4.90 Å². The Labute approximate surface area is 112 Å². The molecule has 104 valence electrons. The second-order valence-electron chi connectivity index (χ2n) is 4.58. The smallest absolute Gasteiger partial charge is 0.416 e. The number of alkyl halides is 3. The monoisotopic (exact) mass is 293 g/mol. The third kappa shape index (κ3) is 3.39. The fourth-order valence-electron chi connectivity index (χ4n) is 2.02. The van der Waals surface area contributed by atoms with Crippen LogP contribution in [0.25, 0.3) is 0 Å². The van der Waals surface area contributed by atoms with Crippen LogP contribution < -0.4 is 0 Å². The van der Waals surface area contributed by atoms with Crippen LogP contribution in [0.3, 0.4) is 0 Å². The number of carboxylic acids is 1. The largest absolute Gasteiger partial charge is 0.481 e. The topological polar surface area (TPSA) is 40.5 Å². The summed E-state index contributed by atoms with van der Waals surface area (Å²) in [6.07, 6.45) is -4.43. The van der Waals surface area contributed by atoms with Crippen molar-refractivity contribution in [2.75, 3.05) is 13.1 Å². The van der Waals surface area contributed by atoms with Gasteiger partial charge in [-0.05, 0) is 23.8 Å². The Kier molecular flexibility index (Phi) is 3.73. The van der Waals surface area contributed by atoms with Gasteiger partial charge in [-0.2, -0.15) is 13.2 Å². The summed E-state index contributed by atoms with van der Waals surface area (Å²) >= 11 is 5.67. The molecular weight excluding hydrogens is 283 g/mol. The summed E-state index contributed by atoms with van der Waals surface area (Å²) in [4.78, 5) is 12.4. The van der Waals surface area contributed by atoms with Crippen LogP contribution in [0, 0.1) is 5.92 Å². The normalized spacial score (nSPS) is 17.3. The maximum absolute atomic E-state index is 12.6. The first-order valence-electron chi connectivity index (χ1n) is 5.57. The number of aliphatic carboxylic acids is 1. The van der Waals surface area contributed by atoms with Gasteiger partial charge in [-0.3, -0.25) is 9.69 Å². The third-order valence-electron chi connectivity index (χ3n) is 3.00. The van der Waals surface area contributed by atoms with E-state index in [0.717, 1.165) is 12.1 Å². The van der Waals surface area contributed by atoms with E-state index in [9.17, 15) is 18.0 Å². The summed E-state index contributed by atoms with van der Waals surface area (Å²) in [5.41, 5.74) is -0.353. The molecule has 1 N–H and O–H groups in total. The lowest BCUT2D eigenvalue weighted by molar-refractivity contribution is -0.147. The van der Waals surface area contributed by atoms with Gasteiger partial charge in [0.25, 0.3) is 0 Å². The van der Waals surface area contributed by atoms with E-state index in [1.807, 2.05) is 0 Å². The summed E-state index contributed by atoms with van der Waals surface area (Å²) in [5.74, 6) is -1.31. The molecule has 0 amide bonds. The molecule has 0 unspecified atom stereocenters. The van der Waals surface area contributed by atoms with Gasteiger partial charge in [0.1, 0.15) is 0 Å². The molecule has 1 aromatic carbocycles. The second kappa shape index (κ2) is 5.02. The molecule has 1 saturated heterocycles. The van der Waals surface area contributed by atoms with Crippen LogP contribution in [0.5, 0.6) is 0 Å². The number of hydrogen-bond acceptors (Lipinski definition) is 2. The molecule has 3 nitrogen and oxygen atoms in total. The van der Waals surface area contributed by atoms with E-state index in [2.05, 4.69) is 0 Å². The lowest BCUT2D eigenvalue weighted by Crippen LogP contribution is -2.49. The van der Waals surface area contributed by atoms with Crippen LogP contribution in [-0.4, -0.2) is 29.1 Å². The Morgan fingerprint density at radius 3 is 2.53 bits per heavy atom. The molecule has 1 aliphatic rings. The summed E-state index contributed by atoms with van der Waals surface area (Å²) < 4.78 is 37.8. The van der Waals surface area contributed by atoms with Crippen molar-refractivity contribution in [2.45, 2.75) is 12.7 Å². The van der Waals surface area contributed by atoms with Crippen LogP contribution in [0.1, 0.15) is 11.1 Å². The van der Waals surface area contributed by atoms with Crippen molar-refractivity contribution in [2.24, 2.45) is 5.92 Å². The second-order valence-corrected chi connectivity index (χ2v) is 5.01. The van der Waals surface area contributed by atoms with Gasteiger partial charge in [0, 0.05) is 24.7 Å². The molecular formula is C12H11ClF3NO2. The molecule has 0 bridgehead atoms. The van der Waals surface area contributed by atoms with E-state index in [-0.39, 0.29) is 11.6 Å². The highest BCUT2D eigenvalue weighted by atomic mass is 35.5. The van der Waals surface area contributed by atoms with Crippen LogP contribution in [0.15, 0.2) is 18.2 Å². The lowest BCUT2D eigenvalue weighted by Gasteiger charge is -2.36. The molecule has 2 rings (SSSR count). The van der Waals surface area contributed by atoms with Crippen molar-refractivity contribution in [3.63, 3.8) is 0 Å². The molecule has 1 heterocycles. The average Bonchev–Trinajstić information content (AvgIpc) is 2.20. The average molecular weight is 294 g/mol. The summed E-state index contributed by atoms with van der Waals surface area (Å²) in [6, 6.07) is 3.38. The fourth-order valence-corrected chi connectivity index (χ4v) is 2.28. The van der Waals surface area contributed by atoms with Gasteiger partial charge >= 0.3 is 12.1 Å². The Morgan fingerprint density at radius 2 is 2.00 bits per heavy atom. The molecule has 0 spiro atoms. The number of rotatable bonds is 3. The predicted octanol–water partition coefficient (Wildman–Crippen LogP) is 2.88. The minimum atomic E-state index is -4.43. The first kappa shape index (κ1) is 14.1. The van der Waals surface area contributed by atoms with Crippen molar-refractivity contribution >= 4 is 17.6 Å². The number of likely N-dealkylation sites (tertiary alicyclic amines) is 1. The minimum Gasteiger partial charge on any atom is -0.481 e. The number of carboxylic acid groups (broad SMARTS) is 1. The lowest BCUT2D eigenvalue weighted by atomic mass is 9.99. The van der Waals surface area contributed by atoms with E-state index >= 15 is 0 Å². The van der Waals surface area contributed by atoms with Crippen molar-refractivity contribution in [1.29, 1.82) is 0 Å². The van der Waals surface area contributed by atoms with Crippen LogP contribution in [0.4, 0.5) is 13.2 Å². The van der Waals surface area contributed by atoms with E-state index in [0.29, 0.717) is 18.7 Å². The van der Waals surface area contributed by atoms with Gasteiger partial charge in [0.15, 0.2) is 0 Å². The fraction of sp³-hybridized carbons (Fsp3) is 0.417. The molecule has 0 aromatic heterocycles. The Hall–Kier alpha value is -1.27. The molecule has 1 aliphatic heterocycles. The maximum Gasteiger partial charge on any atom is 0.416 e. The number of hydrogen-bond donors (Lipinski definition) is 1. The minimum absolute atomic E-state index is 0.0279. The zero-order chi connectivity index (χ0) is 14.2. The SMILES string of the molecule is O=C(O)C1CN(Cc2cc(Cl)cc(C(F)(F)F)c2)C1. The zero-order valence-corrected chi connectivity index (χ0v) is 10.5. The van der Waals surface area contributed by atoms with E-state index < -0.39 is 23.6 Å². The van der Waals surface area contributed by atoms with Gasteiger partial charge in [-0.25, -0.2) is 0 Å². The number of nitrogens with zero attached hydrogens (tertiary/aromatic N) is 1. The quantitative estimate of drug-likeness (QED) is 0.931. The van der Waals surface area contributed by atoms with Crippen LogP contribution in [0.2, 0.25) is 5.02 Å². The van der Waals surface area contributed by atoms with Gasteiger partial charge in [0.05, 0.1) is 11.5 Å². The molecule has 7 heteroatoms. The van der Waals surface area contributed by atoms with E-state index in [1.165, 1.54) is 6.07 Å². The summed E-state index contributed by atoms with van der Waals surface area (Å²) in [5, 5.41) is 8.74. The van der Waals surface area contributed by atoms with Crippen molar-refractivity contribution in [3.8, 4) is 0 Å². The maximum atomic E-state index is 12.6. The zero-order valence-electron chi connectivity index (χ0n) is 9.75. The van der Waals surface area contributed by atoms with Gasteiger partial charge < -0.3 is 5.11 Å². The number of halogens is 4. The van der Waals surface area contributed by atoms with Gasteiger partial charge in [-0.1, -0.05) is 11.6 Å². The van der Waals surface area contributed by atoms with Gasteiger partial charge in [0.2, 0.25) is 0 Å². The molecule has 19 heavy (non-hydrogen) atoms. The van der Waals surface area contributed by atoms with Crippen molar-refractivity contribution in [1.82, 2.24) is 4.90 Å². The third-order valence-corrected chi connectivity index (χ3v) is 3.22. The van der Waals surface area contributed by atoms with Crippen LogP contribution in [-0.2, 0) is 17.5 Å². The standard InChI is InChI=1S/C12H11ClF3NO2/c13-10-2-7(1-9(3-10)12(14,15)16)4-17-5-8(6-17)11(18)19/h1-3,8H,4-6H2,(H,18,19). The highest BCUT2D eigenvalue weighted by Gasteiger charge is 2.34. The molecule has 0 saturated carbocycles. The molecule has 0 radical (unpaired) electrons. The Bertz CT molecular complexity index is 498. The molecule has 0 aliphatic carbocycles. The predicted molar refractivity (Wildman–Crippen MR) is 62.9 cm³/mol. The summed E-state index contributed by atoms with van der Waals surface area (Å²) in [7, 11) is 0. The Morgan fingerprint density at radius 1 is 1.37 bits per heavy atom. The molecule has 0 atom stereocenters. The van der Waals surface area contributed by atoms with E-state index in [4.69, 9.17) is 16.7 Å². The van der Waals surface area contributed by atoms with Crippen molar-refractivity contribution in [3.05, 3.63) is 34.3 Å². The molecule has 1 fully saturated rings. The number of benzene rings is 1. The van der Waals surface area contributed by atoms with Crippen molar-refractivity contribution < 1.29 is 23.1 Å².